The minimum atomic E-state index is -0.630. The predicted octanol–water partition coefficient (Wildman–Crippen LogP) is 2.67. The van der Waals surface area contributed by atoms with Gasteiger partial charge in [0.05, 0.1) is 6.61 Å². The van der Waals surface area contributed by atoms with Gasteiger partial charge in [-0.1, -0.05) is 13.8 Å². The quantitative estimate of drug-likeness (QED) is 0.662. The first-order valence-corrected chi connectivity index (χ1v) is 7.77. The third-order valence-corrected chi connectivity index (χ3v) is 3.44. The van der Waals surface area contributed by atoms with E-state index < -0.39 is 5.54 Å². The maximum absolute atomic E-state index is 12.3. The largest absolute Gasteiger partial charge is 0.465 e. The summed E-state index contributed by atoms with van der Waals surface area (Å²) in [4.78, 5) is 14.6. The van der Waals surface area contributed by atoms with E-state index in [0.29, 0.717) is 18.6 Å². The fourth-order valence-corrected chi connectivity index (χ4v) is 2.63. The molecular weight excluding hydrogens is 252 g/mol. The summed E-state index contributed by atoms with van der Waals surface area (Å²) in [5.41, 5.74) is -0.630. The van der Waals surface area contributed by atoms with Crippen LogP contribution in [0.15, 0.2) is 0 Å². The van der Waals surface area contributed by atoms with Crippen LogP contribution in [0.2, 0.25) is 0 Å². The van der Waals surface area contributed by atoms with Crippen LogP contribution in [0.3, 0.4) is 0 Å². The Labute approximate surface area is 125 Å². The molecule has 0 rings (SSSR count). The van der Waals surface area contributed by atoms with Crippen LogP contribution in [-0.2, 0) is 9.53 Å². The molecule has 0 aliphatic heterocycles. The van der Waals surface area contributed by atoms with Crippen molar-refractivity contribution in [1.29, 1.82) is 0 Å². The SMILES string of the molecule is CCOC(=O)C(C)(CC(C)N(C)CC(C)C)NC(C)C. The summed E-state index contributed by atoms with van der Waals surface area (Å²) in [6, 6.07) is 0.560. The van der Waals surface area contributed by atoms with Crippen molar-refractivity contribution in [2.75, 3.05) is 20.2 Å². The van der Waals surface area contributed by atoms with E-state index in [1.807, 2.05) is 13.8 Å². The van der Waals surface area contributed by atoms with Gasteiger partial charge in [-0.2, -0.15) is 0 Å². The smallest absolute Gasteiger partial charge is 0.326 e. The summed E-state index contributed by atoms with van der Waals surface area (Å²) in [5, 5.41) is 3.38. The van der Waals surface area contributed by atoms with Gasteiger partial charge in [-0.05, 0) is 54.0 Å². The highest BCUT2D eigenvalue weighted by Gasteiger charge is 2.37. The Morgan fingerprint density at radius 3 is 2.20 bits per heavy atom. The number of carbonyl (C=O) groups is 1. The second kappa shape index (κ2) is 8.63. The number of rotatable bonds is 9. The maximum Gasteiger partial charge on any atom is 0.326 e. The zero-order chi connectivity index (χ0) is 15.9. The van der Waals surface area contributed by atoms with Crippen molar-refractivity contribution in [3.8, 4) is 0 Å². The summed E-state index contributed by atoms with van der Waals surface area (Å²) in [5.74, 6) is 0.466. The minimum absolute atomic E-state index is 0.154. The van der Waals surface area contributed by atoms with Crippen molar-refractivity contribution >= 4 is 5.97 Å². The molecule has 0 aliphatic carbocycles. The van der Waals surface area contributed by atoms with E-state index in [4.69, 9.17) is 4.74 Å². The normalized spacial score (nSPS) is 16.6. The van der Waals surface area contributed by atoms with Crippen LogP contribution in [0.25, 0.3) is 0 Å². The van der Waals surface area contributed by atoms with Crippen molar-refractivity contribution in [2.24, 2.45) is 5.92 Å². The first-order chi connectivity index (χ1) is 9.12. The van der Waals surface area contributed by atoms with Gasteiger partial charge >= 0.3 is 5.97 Å². The number of hydrogen-bond acceptors (Lipinski definition) is 4. The van der Waals surface area contributed by atoms with E-state index in [0.717, 1.165) is 13.0 Å². The van der Waals surface area contributed by atoms with Gasteiger partial charge < -0.3 is 9.64 Å². The summed E-state index contributed by atoms with van der Waals surface area (Å²) in [6.45, 7) is 15.9. The van der Waals surface area contributed by atoms with Crippen LogP contribution in [0.4, 0.5) is 0 Å². The predicted molar refractivity (Wildman–Crippen MR) is 84.9 cm³/mol. The molecule has 0 aliphatic rings. The number of ether oxygens (including phenoxy) is 1. The molecule has 0 aromatic rings. The highest BCUT2D eigenvalue weighted by atomic mass is 16.5. The zero-order valence-electron chi connectivity index (χ0n) is 14.6. The van der Waals surface area contributed by atoms with Crippen molar-refractivity contribution < 1.29 is 9.53 Å². The average molecular weight is 286 g/mol. The van der Waals surface area contributed by atoms with Gasteiger partial charge in [-0.25, -0.2) is 0 Å². The lowest BCUT2D eigenvalue weighted by molar-refractivity contribution is -0.151. The van der Waals surface area contributed by atoms with Gasteiger partial charge in [0.15, 0.2) is 0 Å². The number of nitrogens with one attached hydrogen (secondary N) is 1. The maximum atomic E-state index is 12.3. The Morgan fingerprint density at radius 1 is 1.25 bits per heavy atom. The lowest BCUT2D eigenvalue weighted by Crippen LogP contribution is -2.56. The van der Waals surface area contributed by atoms with E-state index in [1.165, 1.54) is 0 Å². The molecule has 0 spiro atoms. The van der Waals surface area contributed by atoms with Crippen molar-refractivity contribution in [1.82, 2.24) is 10.2 Å². The first kappa shape index (κ1) is 19.4. The monoisotopic (exact) mass is 286 g/mol. The van der Waals surface area contributed by atoms with Crippen molar-refractivity contribution in [2.45, 2.75) is 72.5 Å². The molecule has 4 heteroatoms. The molecule has 1 N–H and O–H groups in total. The summed E-state index contributed by atoms with van der Waals surface area (Å²) < 4.78 is 5.25. The fraction of sp³-hybridized carbons (Fsp3) is 0.938. The Hall–Kier alpha value is -0.610. The van der Waals surface area contributed by atoms with Gasteiger partial charge in [0, 0.05) is 18.6 Å². The van der Waals surface area contributed by atoms with Crippen LogP contribution < -0.4 is 5.32 Å². The molecule has 0 heterocycles. The van der Waals surface area contributed by atoms with Gasteiger partial charge in [0.2, 0.25) is 0 Å². The van der Waals surface area contributed by atoms with E-state index in [1.54, 1.807) is 0 Å². The van der Waals surface area contributed by atoms with Crippen LogP contribution >= 0.6 is 0 Å². The zero-order valence-corrected chi connectivity index (χ0v) is 14.6. The molecule has 0 bridgehead atoms. The van der Waals surface area contributed by atoms with Crippen LogP contribution in [0, 0.1) is 5.92 Å². The van der Waals surface area contributed by atoms with Crippen LogP contribution in [0.1, 0.15) is 54.9 Å². The highest BCUT2D eigenvalue weighted by Crippen LogP contribution is 2.19. The van der Waals surface area contributed by atoms with E-state index >= 15 is 0 Å². The molecule has 0 saturated heterocycles. The number of nitrogens with zero attached hydrogens (tertiary/aromatic N) is 1. The number of carbonyl (C=O) groups excluding carboxylic acids is 1. The summed E-state index contributed by atoms with van der Waals surface area (Å²) in [7, 11) is 2.12. The van der Waals surface area contributed by atoms with Gasteiger partial charge in [-0.3, -0.25) is 10.1 Å². The standard InChI is InChI=1S/C16H34N2O2/c1-9-20-15(19)16(7,17-13(4)5)10-14(6)18(8)11-12(2)3/h12-14,17H,9-11H2,1-8H3. The molecule has 0 saturated carbocycles. The Morgan fingerprint density at radius 2 is 1.80 bits per heavy atom. The van der Waals surface area contributed by atoms with Crippen LogP contribution in [-0.4, -0.2) is 48.7 Å². The van der Waals surface area contributed by atoms with Crippen molar-refractivity contribution in [3.63, 3.8) is 0 Å². The molecule has 0 aromatic carbocycles. The number of hydrogen-bond donors (Lipinski definition) is 1. The van der Waals surface area contributed by atoms with Gasteiger partial charge in [-0.15, -0.1) is 0 Å². The molecule has 120 valence electrons. The lowest BCUT2D eigenvalue weighted by Gasteiger charge is -2.36. The third kappa shape index (κ3) is 6.71. The van der Waals surface area contributed by atoms with E-state index in [2.05, 4.69) is 51.9 Å². The molecule has 20 heavy (non-hydrogen) atoms. The fourth-order valence-electron chi connectivity index (χ4n) is 2.63. The number of esters is 1. The molecular formula is C16H34N2O2. The molecule has 0 amide bonds. The van der Waals surface area contributed by atoms with E-state index in [-0.39, 0.29) is 12.0 Å². The van der Waals surface area contributed by atoms with Crippen molar-refractivity contribution in [3.05, 3.63) is 0 Å². The van der Waals surface area contributed by atoms with Gasteiger partial charge in [0.1, 0.15) is 5.54 Å². The third-order valence-electron chi connectivity index (χ3n) is 3.44. The molecule has 0 fully saturated rings. The topological polar surface area (TPSA) is 41.6 Å². The highest BCUT2D eigenvalue weighted by molar-refractivity contribution is 5.80. The molecule has 4 nitrogen and oxygen atoms in total. The Bertz CT molecular complexity index is 292. The van der Waals surface area contributed by atoms with Gasteiger partial charge in [0.25, 0.3) is 0 Å². The molecule has 0 aromatic heterocycles. The van der Waals surface area contributed by atoms with E-state index in [9.17, 15) is 4.79 Å². The van der Waals surface area contributed by atoms with Crippen LogP contribution in [0.5, 0.6) is 0 Å². The molecule has 2 unspecified atom stereocenters. The summed E-state index contributed by atoms with van der Waals surface area (Å²) >= 11 is 0. The minimum Gasteiger partial charge on any atom is -0.465 e. The second-order valence-electron chi connectivity index (χ2n) is 6.74. The summed E-state index contributed by atoms with van der Waals surface area (Å²) in [6.07, 6.45) is 0.743. The molecule has 0 radical (unpaired) electrons. The Kier molecular flexibility index (Phi) is 8.36. The first-order valence-electron chi connectivity index (χ1n) is 7.77. The lowest BCUT2D eigenvalue weighted by atomic mass is 9.91. The molecule has 2 atom stereocenters. The average Bonchev–Trinajstić information content (AvgIpc) is 2.26. The second-order valence-corrected chi connectivity index (χ2v) is 6.74. The Balaban J connectivity index is 4.83.